The van der Waals surface area contributed by atoms with Gasteiger partial charge in [-0.2, -0.15) is 10.1 Å². The van der Waals surface area contributed by atoms with Crippen LogP contribution in [0, 0.1) is 29.6 Å². The highest BCUT2D eigenvalue weighted by atomic mass is 16.6. The van der Waals surface area contributed by atoms with E-state index in [2.05, 4.69) is 41.2 Å². The molecule has 678 valence electrons. The number of ketones is 3. The fourth-order valence-corrected chi connectivity index (χ4v) is 16.1. The monoisotopic (exact) mass is 1720 g/mol. The summed E-state index contributed by atoms with van der Waals surface area (Å²) in [5.41, 5.74) is 24.0. The van der Waals surface area contributed by atoms with Crippen LogP contribution in [-0.2, 0) is 94.0 Å². The number of nitrogen functional groups attached to an aromatic ring is 2. The molecule has 4 aromatic heterocycles. The van der Waals surface area contributed by atoms with Crippen molar-refractivity contribution in [1.82, 2.24) is 60.6 Å². The Labute approximate surface area is 718 Å². The molecule has 4 aliphatic rings. The summed E-state index contributed by atoms with van der Waals surface area (Å²) >= 11 is 0. The van der Waals surface area contributed by atoms with Crippen molar-refractivity contribution in [2.24, 2.45) is 35.3 Å². The standard InChI is InChI=1S/C87H129N15O21/c1-54-17-10-9-11-18-55(2)70(114-7)50-63-25-22-59(6)87(113,123-63)81(110)84(111)100-33-14-12-20-67(100)85(112)121-71(51-68(103)56(3)46-58(5)79(108)80(109)78(107)57(4)45-54)64(88)47-60-23-26-66(72(48-60)115-8)102-52-62(97-99-102)19-16-21-73(104)92-31-37-119-42-44-120-43-40-117-36-29-75(106)93-32-38-118-41-39-116-35-28-74(105)91-30-13-15-34-101-83-76(82(89)94-53-95-83)77(98-101)61-24-27-69-65(49-61)96-86(90)122-69/h9-11,17-18,24,27,46,49,52-54,56-57,59-60,63-64,66-67,70-72,79-80,108-109,113H,12-16,19-23,25-26,28-45,47-48,50-51,88H2,1-8H3,(H2,90,96)(H,91,105)(H,92,104)(H,93,106)(H2,89,94,95)/b11-9?,17-10+,55-18?,58-46+/t54-,56-,57-,59-,60+,63+,64-,66+,67+,70+,71+,72-,79-,80+,87-/m1/s1. The van der Waals surface area contributed by atoms with Crippen LogP contribution in [0.15, 0.2) is 82.7 Å². The molecule has 1 aliphatic carbocycles. The van der Waals surface area contributed by atoms with E-state index in [1.807, 2.05) is 62.6 Å². The Hall–Kier alpha value is -9.18. The lowest BCUT2D eigenvalue weighted by atomic mass is 9.79. The number of nitrogens with zero attached hydrogens (tertiary/aromatic N) is 9. The molecule has 0 unspecified atom stereocenters. The Morgan fingerprint density at radius 2 is 1.41 bits per heavy atom. The highest BCUT2D eigenvalue weighted by Gasteiger charge is 2.53. The number of piperidine rings is 1. The number of carbonyl (C=O) groups is 8. The molecule has 36 nitrogen and oxygen atoms in total. The van der Waals surface area contributed by atoms with E-state index >= 15 is 0 Å². The molecular weight excluding hydrogens is 1590 g/mol. The number of esters is 1. The second kappa shape index (κ2) is 49.5. The van der Waals surface area contributed by atoms with E-state index in [1.54, 1.807) is 50.4 Å². The summed E-state index contributed by atoms with van der Waals surface area (Å²) in [6.45, 7) is 14.8. The van der Waals surface area contributed by atoms with Gasteiger partial charge in [0.2, 0.25) is 23.5 Å². The van der Waals surface area contributed by atoms with Crippen LogP contribution in [-0.4, -0.2) is 268 Å². The number of amides is 4. The van der Waals surface area contributed by atoms with Crippen LogP contribution in [0.2, 0.25) is 0 Å². The summed E-state index contributed by atoms with van der Waals surface area (Å²) in [5.74, 6) is -9.25. The van der Waals surface area contributed by atoms with Gasteiger partial charge in [-0.25, -0.2) is 24.1 Å². The SMILES string of the molecule is CO[C@H]1C[C@@H]2CC[C@@H](C)[C@@](O)(O2)C(=O)C(=O)N2CCCC[C@H]2C(=O)O[C@H]([C@H](N)C[C@@H]2CC[C@H](n3cc(CCCC(=O)NCCOCCOCCOCCC(=O)NCCOCCOCCC(=O)NCCCCn4nc(-c5ccc6oc(N)nc6c5)c5c(N)ncnc54)nn3)[C@H](OC)C2)CC(=O)[C@H](C)/C=C(\C)[C@@H](O)[C@@H](O)C(=O)[C@H](C)C[C@H](C)/C=C/C=CC=C1C. The molecule has 0 radical (unpaired) electrons. The molecule has 123 heavy (non-hydrogen) atoms. The Morgan fingerprint density at radius 1 is 0.732 bits per heavy atom. The van der Waals surface area contributed by atoms with Crippen LogP contribution < -0.4 is 33.2 Å². The van der Waals surface area contributed by atoms with E-state index in [0.717, 1.165) is 22.5 Å². The van der Waals surface area contributed by atoms with Gasteiger partial charge >= 0.3 is 5.97 Å². The number of rotatable bonds is 37. The van der Waals surface area contributed by atoms with Gasteiger partial charge in [0.25, 0.3) is 17.7 Å². The van der Waals surface area contributed by atoms with E-state index in [9.17, 15) is 53.7 Å². The topological polar surface area (TPSA) is 498 Å². The molecule has 1 saturated carbocycles. The van der Waals surface area contributed by atoms with E-state index in [0.29, 0.717) is 182 Å². The number of carbonyl (C=O) groups excluding carboxylic acids is 8. The number of cyclic esters (lactones) is 1. The number of nitrogens with one attached hydrogen (secondary N) is 3. The molecule has 2 bridgehead atoms. The van der Waals surface area contributed by atoms with Gasteiger partial charge < -0.3 is 100 Å². The number of ether oxygens (including phenoxy) is 9. The first-order valence-corrected chi connectivity index (χ1v) is 43.3. The number of hydrogen-bond acceptors (Lipinski definition) is 30. The second-order valence-corrected chi connectivity index (χ2v) is 32.7. The second-order valence-electron chi connectivity index (χ2n) is 32.7. The lowest BCUT2D eigenvalue weighted by molar-refractivity contribution is -0.265. The number of methoxy groups -OCH3 is 2. The van der Waals surface area contributed by atoms with Crippen molar-refractivity contribution < 1.29 is 101 Å². The summed E-state index contributed by atoms with van der Waals surface area (Å²) in [5, 5.41) is 57.6. The molecule has 4 amide bonds. The minimum atomic E-state index is -2.51. The van der Waals surface area contributed by atoms with E-state index in [1.165, 1.54) is 19.3 Å². The summed E-state index contributed by atoms with van der Waals surface area (Å²) in [6.07, 6.45) is 15.3. The largest absolute Gasteiger partial charge is 0.459 e. The van der Waals surface area contributed by atoms with Crippen LogP contribution in [0.25, 0.3) is 33.4 Å². The Balaban J connectivity index is 0.621. The zero-order chi connectivity index (χ0) is 88.5. The maximum absolute atomic E-state index is 14.7. The quantitative estimate of drug-likeness (QED) is 0.00979. The minimum Gasteiger partial charge on any atom is -0.459 e. The van der Waals surface area contributed by atoms with Gasteiger partial charge in [0, 0.05) is 115 Å². The molecule has 7 heterocycles. The number of oxazole rings is 1. The van der Waals surface area contributed by atoms with Crippen molar-refractivity contribution in [3.05, 3.63) is 84.0 Å². The van der Waals surface area contributed by atoms with Crippen molar-refractivity contribution >= 4 is 80.9 Å². The van der Waals surface area contributed by atoms with Crippen molar-refractivity contribution in [2.45, 2.75) is 231 Å². The van der Waals surface area contributed by atoms with Crippen LogP contribution in [0.4, 0.5) is 11.8 Å². The number of nitrogens with two attached hydrogens (primary N) is 3. The maximum atomic E-state index is 14.7. The Kier molecular flexibility index (Phi) is 39.3. The zero-order valence-electron chi connectivity index (χ0n) is 72.4. The van der Waals surface area contributed by atoms with E-state index in [4.69, 9.17) is 69.3 Å². The van der Waals surface area contributed by atoms with Gasteiger partial charge in [-0.15, -0.1) is 5.10 Å². The molecule has 15 atom stereocenters. The number of aliphatic hydroxyl groups is 3. The average molecular weight is 1720 g/mol. The molecule has 1 aromatic carbocycles. The van der Waals surface area contributed by atoms with Crippen molar-refractivity contribution in [3.63, 3.8) is 0 Å². The van der Waals surface area contributed by atoms with Gasteiger partial charge in [-0.05, 0) is 145 Å². The number of Topliss-reactive ketones (excluding diaryl/α,β-unsaturated/α-hetero) is 3. The average Bonchev–Trinajstić information content (AvgIpc) is 1.68. The molecule has 2 saturated heterocycles. The number of anilines is 2. The smallest absolute Gasteiger partial charge is 0.329 e. The van der Waals surface area contributed by atoms with Crippen LogP contribution in [0.5, 0.6) is 0 Å². The third kappa shape index (κ3) is 29.2. The molecule has 12 N–H and O–H groups in total. The van der Waals surface area contributed by atoms with Gasteiger partial charge in [0.15, 0.2) is 17.0 Å². The highest BCUT2D eigenvalue weighted by molar-refractivity contribution is 6.39. The number of aliphatic hydroxyl groups excluding tert-OH is 2. The number of benzene rings is 1. The first kappa shape index (κ1) is 97.6. The summed E-state index contributed by atoms with van der Waals surface area (Å²) in [6, 6.07) is 3.13. The van der Waals surface area contributed by atoms with E-state index < -0.39 is 95.4 Å². The fraction of sp³-hybridized carbons (Fsp3) is 0.655. The Morgan fingerprint density at radius 3 is 2.11 bits per heavy atom. The molecule has 9 rings (SSSR count). The van der Waals surface area contributed by atoms with Gasteiger partial charge in [-0.1, -0.05) is 69.4 Å². The highest BCUT2D eigenvalue weighted by Crippen LogP contribution is 2.40. The third-order valence-electron chi connectivity index (χ3n) is 23.3. The predicted octanol–water partition coefficient (Wildman–Crippen LogP) is 5.82. The molecule has 36 heteroatoms. The predicted molar refractivity (Wildman–Crippen MR) is 454 cm³/mol. The summed E-state index contributed by atoms with van der Waals surface area (Å²) in [7, 11) is 3.16. The number of fused-ring (bicyclic) bond motifs is 5. The van der Waals surface area contributed by atoms with Crippen LogP contribution in [0.1, 0.15) is 169 Å². The maximum Gasteiger partial charge on any atom is 0.329 e. The van der Waals surface area contributed by atoms with Gasteiger partial charge in [0.1, 0.15) is 53.5 Å². The lowest BCUT2D eigenvalue weighted by Crippen LogP contribution is -2.61. The molecule has 3 aliphatic heterocycles. The zero-order valence-corrected chi connectivity index (χ0v) is 72.4. The van der Waals surface area contributed by atoms with Crippen LogP contribution in [0.3, 0.4) is 0 Å². The normalized spacial score (nSPS) is 26.2. The van der Waals surface area contributed by atoms with Gasteiger partial charge in [0.05, 0.1) is 102 Å². The molecule has 3 fully saturated rings. The van der Waals surface area contributed by atoms with Crippen molar-refractivity contribution in [2.75, 3.05) is 118 Å². The minimum absolute atomic E-state index is 0.00773. The Bertz CT molecular complexity index is 4390. The third-order valence-corrected chi connectivity index (χ3v) is 23.3. The van der Waals surface area contributed by atoms with E-state index in [-0.39, 0.29) is 125 Å². The van der Waals surface area contributed by atoms with Crippen molar-refractivity contribution in [3.8, 4) is 11.3 Å². The summed E-state index contributed by atoms with van der Waals surface area (Å²) < 4.78 is 61.3. The first-order valence-electron chi connectivity index (χ1n) is 43.3. The number of allylic oxidation sites excluding steroid dienone is 6. The molecule has 0 spiro atoms. The number of aromatic nitrogens is 8. The first-order chi connectivity index (χ1) is 59.2. The number of aryl methyl sites for hydroxylation is 2. The van der Waals surface area contributed by atoms with Crippen molar-refractivity contribution in [1.29, 1.82) is 0 Å². The lowest BCUT2D eigenvalue weighted by Gasteiger charge is -2.42. The molecule has 5 aromatic rings. The molecular formula is C87H129N15O21. The van der Waals surface area contributed by atoms with Gasteiger partial charge in [-0.3, -0.25) is 33.6 Å². The fourth-order valence-electron chi connectivity index (χ4n) is 16.1. The number of hydrogen-bond donors (Lipinski definition) is 9. The van der Waals surface area contributed by atoms with Crippen LogP contribution >= 0.6 is 0 Å². The summed E-state index contributed by atoms with van der Waals surface area (Å²) in [4.78, 5) is 123. The number of unbranched alkanes of at least 4 members (excludes halogenated alkanes) is 1.